The van der Waals surface area contributed by atoms with Gasteiger partial charge in [-0.2, -0.15) is 5.10 Å². The number of aromatic nitrogens is 2. The minimum atomic E-state index is 0.279. The van der Waals surface area contributed by atoms with Gasteiger partial charge >= 0.3 is 0 Å². The van der Waals surface area contributed by atoms with Crippen molar-refractivity contribution >= 4 is 0 Å². The zero-order chi connectivity index (χ0) is 15.0. The molecule has 0 aromatic carbocycles. The number of nitrogens with one attached hydrogen (secondary N) is 1. The third-order valence-electron chi connectivity index (χ3n) is 3.86. The van der Waals surface area contributed by atoms with Crippen LogP contribution in [0.2, 0.25) is 0 Å². The number of hydrogen-bond acceptors (Lipinski definition) is 3. The Hall–Kier alpha value is -0.870. The third kappa shape index (κ3) is 5.63. The maximum atomic E-state index is 5.39. The van der Waals surface area contributed by atoms with Crippen LogP contribution in [0.15, 0.2) is 12.3 Å². The summed E-state index contributed by atoms with van der Waals surface area (Å²) in [5.41, 5.74) is 1.17. The number of nitrogens with zero attached hydrogens (tertiary/aromatic N) is 2. The molecule has 1 aromatic heterocycles. The number of ether oxygens (including phenoxy) is 1. The van der Waals surface area contributed by atoms with Crippen LogP contribution in [0.1, 0.15) is 58.7 Å². The number of rotatable bonds is 10. The molecule has 1 N–H and O–H groups in total. The van der Waals surface area contributed by atoms with Gasteiger partial charge in [-0.3, -0.25) is 4.68 Å². The highest BCUT2D eigenvalue weighted by atomic mass is 16.5. The lowest BCUT2D eigenvalue weighted by Gasteiger charge is -2.21. The van der Waals surface area contributed by atoms with E-state index in [2.05, 4.69) is 50.0 Å². The van der Waals surface area contributed by atoms with Crippen LogP contribution in [0.4, 0.5) is 0 Å². The highest BCUT2D eigenvalue weighted by Crippen LogP contribution is 2.12. The molecule has 0 saturated heterocycles. The highest BCUT2D eigenvalue weighted by Gasteiger charge is 2.15. The summed E-state index contributed by atoms with van der Waals surface area (Å²) in [4.78, 5) is 0. The fourth-order valence-electron chi connectivity index (χ4n) is 2.26. The van der Waals surface area contributed by atoms with Crippen LogP contribution < -0.4 is 5.32 Å². The second-order valence-corrected chi connectivity index (χ2v) is 5.68. The van der Waals surface area contributed by atoms with E-state index in [0.717, 1.165) is 32.2 Å². The van der Waals surface area contributed by atoms with Crippen molar-refractivity contribution in [2.75, 3.05) is 13.7 Å². The van der Waals surface area contributed by atoms with Gasteiger partial charge in [-0.25, -0.2) is 0 Å². The van der Waals surface area contributed by atoms with Crippen LogP contribution >= 0.6 is 0 Å². The Bertz CT molecular complexity index is 364. The van der Waals surface area contributed by atoms with E-state index in [1.807, 2.05) is 0 Å². The SMILES string of the molecule is CCCNC(Cc1ccn(C(C)CC)n1)CC(C)OC. The number of hydrogen-bond donors (Lipinski definition) is 1. The molecular weight excluding hydrogens is 250 g/mol. The van der Waals surface area contributed by atoms with Gasteiger partial charge < -0.3 is 10.1 Å². The average Bonchev–Trinajstić information content (AvgIpc) is 2.92. The average molecular weight is 281 g/mol. The van der Waals surface area contributed by atoms with Gasteiger partial charge in [0.1, 0.15) is 0 Å². The van der Waals surface area contributed by atoms with Crippen LogP contribution in [0.25, 0.3) is 0 Å². The molecule has 0 aliphatic heterocycles. The quantitative estimate of drug-likeness (QED) is 0.716. The van der Waals surface area contributed by atoms with Gasteiger partial charge in [-0.15, -0.1) is 0 Å². The van der Waals surface area contributed by atoms with Gasteiger partial charge in [-0.05, 0) is 45.7 Å². The molecule has 0 saturated carbocycles. The van der Waals surface area contributed by atoms with E-state index in [1.165, 1.54) is 5.69 Å². The van der Waals surface area contributed by atoms with Gasteiger partial charge in [-0.1, -0.05) is 13.8 Å². The first-order valence-electron chi connectivity index (χ1n) is 7.90. The molecule has 0 fully saturated rings. The maximum absolute atomic E-state index is 5.39. The van der Waals surface area contributed by atoms with Crippen LogP contribution in [0.3, 0.4) is 0 Å². The molecule has 4 heteroatoms. The molecule has 4 nitrogen and oxygen atoms in total. The molecule has 1 rings (SSSR count). The number of methoxy groups -OCH3 is 1. The van der Waals surface area contributed by atoms with Gasteiger partial charge in [0.05, 0.1) is 11.8 Å². The predicted molar refractivity (Wildman–Crippen MR) is 84.1 cm³/mol. The normalized spacial score (nSPS) is 16.1. The monoisotopic (exact) mass is 281 g/mol. The van der Waals surface area contributed by atoms with Gasteiger partial charge in [0.25, 0.3) is 0 Å². The van der Waals surface area contributed by atoms with Crippen molar-refractivity contribution in [2.24, 2.45) is 0 Å². The summed E-state index contributed by atoms with van der Waals surface area (Å²) in [6, 6.07) is 3.05. The van der Waals surface area contributed by atoms with Crippen molar-refractivity contribution in [1.29, 1.82) is 0 Å². The standard InChI is InChI=1S/C16H31N3O/c1-6-9-17-16(11-14(4)20-5)12-15-8-10-19(18-15)13(3)7-2/h8,10,13-14,16-17H,6-7,9,11-12H2,1-5H3. The van der Waals surface area contributed by atoms with Gasteiger partial charge in [0, 0.05) is 31.8 Å². The topological polar surface area (TPSA) is 39.1 Å². The zero-order valence-electron chi connectivity index (χ0n) is 13.7. The Morgan fingerprint density at radius 3 is 2.70 bits per heavy atom. The predicted octanol–water partition coefficient (Wildman–Crippen LogP) is 3.19. The lowest BCUT2D eigenvalue weighted by atomic mass is 10.0. The van der Waals surface area contributed by atoms with Crippen molar-refractivity contribution in [3.63, 3.8) is 0 Å². The molecule has 3 atom stereocenters. The van der Waals surface area contributed by atoms with E-state index in [1.54, 1.807) is 7.11 Å². The molecule has 0 aliphatic rings. The van der Waals surface area contributed by atoms with Crippen LogP contribution in [-0.2, 0) is 11.2 Å². The molecule has 1 aromatic rings. The maximum Gasteiger partial charge on any atom is 0.0640 e. The van der Waals surface area contributed by atoms with Gasteiger partial charge in [0.2, 0.25) is 0 Å². The summed E-state index contributed by atoms with van der Waals surface area (Å²) in [6.07, 6.45) is 6.63. The second kappa shape index (κ2) is 9.14. The summed E-state index contributed by atoms with van der Waals surface area (Å²) < 4.78 is 7.47. The lowest BCUT2D eigenvalue weighted by Crippen LogP contribution is -2.35. The fourth-order valence-corrected chi connectivity index (χ4v) is 2.26. The van der Waals surface area contributed by atoms with Crippen LogP contribution in [0, 0.1) is 0 Å². The first-order valence-corrected chi connectivity index (χ1v) is 7.90. The molecule has 0 spiro atoms. The molecule has 0 bridgehead atoms. The molecule has 116 valence electrons. The fraction of sp³-hybridized carbons (Fsp3) is 0.812. The Kier molecular flexibility index (Phi) is 7.85. The summed E-state index contributed by atoms with van der Waals surface area (Å²) in [5.74, 6) is 0. The van der Waals surface area contributed by atoms with E-state index in [9.17, 15) is 0 Å². The molecule has 20 heavy (non-hydrogen) atoms. The summed E-state index contributed by atoms with van der Waals surface area (Å²) in [7, 11) is 1.78. The Balaban J connectivity index is 2.60. The minimum Gasteiger partial charge on any atom is -0.382 e. The highest BCUT2D eigenvalue weighted by molar-refractivity contribution is 5.02. The van der Waals surface area contributed by atoms with Crippen molar-refractivity contribution in [3.8, 4) is 0 Å². The second-order valence-electron chi connectivity index (χ2n) is 5.68. The smallest absolute Gasteiger partial charge is 0.0640 e. The van der Waals surface area contributed by atoms with Crippen molar-refractivity contribution < 1.29 is 4.74 Å². The summed E-state index contributed by atoms with van der Waals surface area (Å²) in [6.45, 7) is 9.77. The van der Waals surface area contributed by atoms with Crippen LogP contribution in [-0.4, -0.2) is 35.6 Å². The zero-order valence-corrected chi connectivity index (χ0v) is 13.7. The van der Waals surface area contributed by atoms with Crippen molar-refractivity contribution in [3.05, 3.63) is 18.0 Å². The van der Waals surface area contributed by atoms with Crippen molar-refractivity contribution in [2.45, 2.75) is 71.6 Å². The Morgan fingerprint density at radius 2 is 2.10 bits per heavy atom. The summed E-state index contributed by atoms with van der Waals surface area (Å²) >= 11 is 0. The molecule has 0 amide bonds. The molecule has 0 aliphatic carbocycles. The molecule has 3 unspecified atom stereocenters. The van der Waals surface area contributed by atoms with E-state index in [-0.39, 0.29) is 6.10 Å². The Morgan fingerprint density at radius 1 is 1.35 bits per heavy atom. The first-order chi connectivity index (χ1) is 9.60. The van der Waals surface area contributed by atoms with E-state index >= 15 is 0 Å². The Labute approximate surface area is 123 Å². The summed E-state index contributed by atoms with van der Waals surface area (Å²) in [5, 5.41) is 8.30. The van der Waals surface area contributed by atoms with E-state index < -0.39 is 0 Å². The minimum absolute atomic E-state index is 0.279. The van der Waals surface area contributed by atoms with Crippen molar-refractivity contribution in [1.82, 2.24) is 15.1 Å². The molecular formula is C16H31N3O. The van der Waals surface area contributed by atoms with E-state index in [4.69, 9.17) is 9.84 Å². The lowest BCUT2D eigenvalue weighted by molar-refractivity contribution is 0.100. The third-order valence-corrected chi connectivity index (χ3v) is 3.86. The largest absolute Gasteiger partial charge is 0.382 e. The first kappa shape index (κ1) is 17.2. The molecule has 0 radical (unpaired) electrons. The van der Waals surface area contributed by atoms with Gasteiger partial charge in [0.15, 0.2) is 0 Å². The molecule has 1 heterocycles. The van der Waals surface area contributed by atoms with E-state index in [0.29, 0.717) is 12.1 Å². The van der Waals surface area contributed by atoms with Crippen LogP contribution in [0.5, 0.6) is 0 Å².